The summed E-state index contributed by atoms with van der Waals surface area (Å²) in [5, 5.41) is 32.7. The van der Waals surface area contributed by atoms with Crippen molar-refractivity contribution in [2.24, 2.45) is 0 Å². The topological polar surface area (TPSA) is 117 Å². The fourth-order valence-electron chi connectivity index (χ4n) is 3.83. The quantitative estimate of drug-likeness (QED) is 0.241. The maximum atomic E-state index is 13.8. The van der Waals surface area contributed by atoms with Crippen LogP contribution < -0.4 is 10.6 Å². The zero-order valence-corrected chi connectivity index (χ0v) is 21.0. The molecule has 2 aromatic carbocycles. The van der Waals surface area contributed by atoms with Gasteiger partial charge in [-0.25, -0.2) is 8.78 Å². The first-order valence-corrected chi connectivity index (χ1v) is 12.8. The summed E-state index contributed by atoms with van der Waals surface area (Å²) in [6, 6.07) is 13.9. The van der Waals surface area contributed by atoms with Crippen LogP contribution in [0.25, 0.3) is 5.65 Å². The molecule has 0 unspecified atom stereocenters. The summed E-state index contributed by atoms with van der Waals surface area (Å²) in [4.78, 5) is 12.7. The van der Waals surface area contributed by atoms with Crippen molar-refractivity contribution < 1.29 is 18.7 Å². The Kier molecular flexibility index (Phi) is 9.09. The number of aliphatic hydroxyl groups is 1. The molecule has 1 amide bonds. The number of aliphatic hydroxyl groups excluding tert-OH is 1. The zero-order valence-electron chi connectivity index (χ0n) is 20.1. The van der Waals surface area contributed by atoms with Gasteiger partial charge in [-0.15, -0.1) is 14.8 Å². The van der Waals surface area contributed by atoms with Gasteiger partial charge in [0.2, 0.25) is 5.91 Å². The second-order valence-electron chi connectivity index (χ2n) is 8.51. The van der Waals surface area contributed by atoms with E-state index >= 15 is 0 Å². The molecule has 9 nitrogen and oxygen atoms in total. The van der Waals surface area contributed by atoms with Crippen molar-refractivity contribution >= 4 is 23.3 Å². The van der Waals surface area contributed by atoms with Crippen molar-refractivity contribution in [1.82, 2.24) is 35.9 Å². The van der Waals surface area contributed by atoms with Gasteiger partial charge < -0.3 is 15.7 Å². The van der Waals surface area contributed by atoms with Crippen molar-refractivity contribution in [3.8, 4) is 0 Å². The number of aryl methyl sites for hydroxylation is 1. The SMILES string of the molecule is CCc1cccc(CNC[C@@H](O)[C@H](Cc2cc(F)cc(F)c2)NC(=O)CSc2ccc3nnnn3n2)c1. The van der Waals surface area contributed by atoms with Crippen LogP contribution in [0.15, 0.2) is 59.6 Å². The summed E-state index contributed by atoms with van der Waals surface area (Å²) in [5.41, 5.74) is 3.09. The first-order valence-electron chi connectivity index (χ1n) is 11.8. The molecule has 12 heteroatoms. The van der Waals surface area contributed by atoms with Crippen molar-refractivity contribution in [1.29, 1.82) is 0 Å². The number of fused-ring (bicyclic) bond motifs is 1. The summed E-state index contributed by atoms with van der Waals surface area (Å²) >= 11 is 1.17. The van der Waals surface area contributed by atoms with Crippen LogP contribution in [0.3, 0.4) is 0 Å². The Labute approximate surface area is 216 Å². The standard InChI is InChI=1S/C25H27F2N7O2S/c1-2-16-4-3-5-17(8-16)13-28-14-22(35)21(11-18-9-19(26)12-20(27)10-18)29-24(36)15-37-25-7-6-23-30-32-33-34(23)31-25/h3-10,12,21-22,28,35H,2,11,13-15H2,1H3,(H,29,36)/t21-,22+/m0/s1. The van der Waals surface area contributed by atoms with Gasteiger partial charge in [-0.2, -0.15) is 0 Å². The molecule has 2 aromatic heterocycles. The van der Waals surface area contributed by atoms with Crippen molar-refractivity contribution in [2.75, 3.05) is 12.3 Å². The van der Waals surface area contributed by atoms with E-state index in [1.54, 1.807) is 12.1 Å². The van der Waals surface area contributed by atoms with E-state index in [-0.39, 0.29) is 24.6 Å². The van der Waals surface area contributed by atoms with Crippen molar-refractivity contribution in [3.63, 3.8) is 0 Å². The van der Waals surface area contributed by atoms with Crippen LogP contribution in [-0.2, 0) is 24.2 Å². The number of thioether (sulfide) groups is 1. The van der Waals surface area contributed by atoms with E-state index in [9.17, 15) is 18.7 Å². The van der Waals surface area contributed by atoms with Crippen LogP contribution in [0.1, 0.15) is 23.6 Å². The lowest BCUT2D eigenvalue weighted by molar-refractivity contribution is -0.120. The van der Waals surface area contributed by atoms with Gasteiger partial charge in [0.05, 0.1) is 17.9 Å². The Morgan fingerprint density at radius 3 is 2.65 bits per heavy atom. The van der Waals surface area contributed by atoms with E-state index in [2.05, 4.69) is 50.3 Å². The monoisotopic (exact) mass is 527 g/mol. The van der Waals surface area contributed by atoms with E-state index in [1.165, 1.54) is 34.1 Å². The number of carbonyl (C=O) groups excluding carboxylic acids is 1. The largest absolute Gasteiger partial charge is 0.390 e. The van der Waals surface area contributed by atoms with Crippen LogP contribution in [0.4, 0.5) is 8.78 Å². The number of carbonyl (C=O) groups is 1. The van der Waals surface area contributed by atoms with Gasteiger partial charge >= 0.3 is 0 Å². The fourth-order valence-corrected chi connectivity index (χ4v) is 4.49. The Morgan fingerprint density at radius 2 is 1.86 bits per heavy atom. The molecule has 0 aliphatic rings. The highest BCUT2D eigenvalue weighted by molar-refractivity contribution is 7.99. The molecule has 0 radical (unpaired) electrons. The van der Waals surface area contributed by atoms with Crippen LogP contribution in [-0.4, -0.2) is 60.7 Å². The predicted octanol–water partition coefficient (Wildman–Crippen LogP) is 2.33. The lowest BCUT2D eigenvalue weighted by atomic mass is 10.0. The van der Waals surface area contributed by atoms with E-state index in [0.717, 1.165) is 18.1 Å². The number of amides is 1. The molecule has 0 spiro atoms. The highest BCUT2D eigenvalue weighted by atomic mass is 32.2. The Balaban J connectivity index is 1.38. The minimum Gasteiger partial charge on any atom is -0.390 e. The highest BCUT2D eigenvalue weighted by Crippen LogP contribution is 2.16. The van der Waals surface area contributed by atoms with Crippen molar-refractivity contribution in [2.45, 2.75) is 43.5 Å². The van der Waals surface area contributed by atoms with E-state index < -0.39 is 23.8 Å². The normalized spacial score (nSPS) is 13.0. The molecule has 0 bridgehead atoms. The number of rotatable bonds is 12. The van der Waals surface area contributed by atoms with Crippen LogP contribution in [0, 0.1) is 11.6 Å². The molecule has 0 saturated carbocycles. The highest BCUT2D eigenvalue weighted by Gasteiger charge is 2.22. The average Bonchev–Trinajstić information content (AvgIpc) is 3.34. The molecule has 194 valence electrons. The number of nitrogens with one attached hydrogen (secondary N) is 2. The molecule has 3 N–H and O–H groups in total. The number of hydrogen-bond acceptors (Lipinski definition) is 8. The molecule has 37 heavy (non-hydrogen) atoms. The zero-order chi connectivity index (χ0) is 26.2. The fraction of sp³-hybridized carbons (Fsp3) is 0.320. The molecule has 0 fully saturated rings. The Hall–Kier alpha value is -3.48. The summed E-state index contributed by atoms with van der Waals surface area (Å²) in [7, 11) is 0. The average molecular weight is 528 g/mol. The molecule has 2 atom stereocenters. The van der Waals surface area contributed by atoms with Gasteiger partial charge in [0.25, 0.3) is 0 Å². The summed E-state index contributed by atoms with van der Waals surface area (Å²) in [6.07, 6.45) is -0.0368. The Bertz CT molecular complexity index is 1330. The van der Waals surface area contributed by atoms with E-state index in [0.29, 0.717) is 22.8 Å². The van der Waals surface area contributed by atoms with Gasteiger partial charge in [0, 0.05) is 19.2 Å². The van der Waals surface area contributed by atoms with E-state index in [1.807, 2.05) is 12.1 Å². The minimum atomic E-state index is -1.01. The second-order valence-corrected chi connectivity index (χ2v) is 9.51. The number of aromatic nitrogens is 5. The smallest absolute Gasteiger partial charge is 0.230 e. The van der Waals surface area contributed by atoms with Crippen molar-refractivity contribution in [3.05, 3.63) is 82.9 Å². The molecule has 0 saturated heterocycles. The van der Waals surface area contributed by atoms with Crippen LogP contribution >= 0.6 is 11.8 Å². The number of tetrazole rings is 1. The van der Waals surface area contributed by atoms with Gasteiger partial charge in [0.1, 0.15) is 16.7 Å². The predicted molar refractivity (Wildman–Crippen MR) is 135 cm³/mol. The van der Waals surface area contributed by atoms with E-state index in [4.69, 9.17) is 0 Å². The summed E-state index contributed by atoms with van der Waals surface area (Å²) in [6.45, 7) is 2.78. The molecule has 4 aromatic rings. The molecular formula is C25H27F2N7O2S. The third-order valence-electron chi connectivity index (χ3n) is 5.67. The molecule has 4 rings (SSSR count). The second kappa shape index (κ2) is 12.7. The number of halogens is 2. The minimum absolute atomic E-state index is 0.0125. The number of hydrogen-bond donors (Lipinski definition) is 3. The van der Waals surface area contributed by atoms with Crippen LogP contribution in [0.5, 0.6) is 0 Å². The first kappa shape index (κ1) is 26.6. The first-order chi connectivity index (χ1) is 17.9. The maximum absolute atomic E-state index is 13.8. The summed E-state index contributed by atoms with van der Waals surface area (Å²) in [5.74, 6) is -1.79. The van der Waals surface area contributed by atoms with Gasteiger partial charge in [-0.1, -0.05) is 43.0 Å². The number of benzene rings is 2. The molecular weight excluding hydrogens is 500 g/mol. The third kappa shape index (κ3) is 7.75. The third-order valence-corrected chi connectivity index (χ3v) is 6.59. The lowest BCUT2D eigenvalue weighted by Crippen LogP contribution is -2.49. The maximum Gasteiger partial charge on any atom is 0.230 e. The molecule has 0 aliphatic heterocycles. The Morgan fingerprint density at radius 1 is 1.08 bits per heavy atom. The lowest BCUT2D eigenvalue weighted by Gasteiger charge is -2.25. The van der Waals surface area contributed by atoms with Gasteiger partial charge in [0.15, 0.2) is 5.65 Å². The summed E-state index contributed by atoms with van der Waals surface area (Å²) < 4.78 is 28.8. The van der Waals surface area contributed by atoms with Gasteiger partial charge in [-0.05, 0) is 64.2 Å². The van der Waals surface area contributed by atoms with Gasteiger partial charge in [-0.3, -0.25) is 4.79 Å². The number of nitrogens with zero attached hydrogens (tertiary/aromatic N) is 5. The van der Waals surface area contributed by atoms with Crippen LogP contribution in [0.2, 0.25) is 0 Å². The molecule has 0 aliphatic carbocycles. The molecule has 2 heterocycles.